The third-order valence-corrected chi connectivity index (χ3v) is 3.16. The highest BCUT2D eigenvalue weighted by Gasteiger charge is 2.11. The van der Waals surface area contributed by atoms with E-state index >= 15 is 0 Å². The minimum atomic E-state index is -0.482. The number of nitrogen functional groups attached to an aromatic ring is 1. The van der Waals surface area contributed by atoms with Crippen molar-refractivity contribution in [3.8, 4) is 5.82 Å². The summed E-state index contributed by atoms with van der Waals surface area (Å²) in [6.45, 7) is 1.84. The number of aromatic nitrogens is 4. The van der Waals surface area contributed by atoms with Crippen LogP contribution in [0, 0.1) is 6.92 Å². The van der Waals surface area contributed by atoms with Crippen molar-refractivity contribution in [1.82, 2.24) is 19.5 Å². The number of hydrogen-bond donors (Lipinski definition) is 2. The van der Waals surface area contributed by atoms with E-state index < -0.39 is 5.91 Å². The number of nitrogens with two attached hydrogens (primary N) is 2. The van der Waals surface area contributed by atoms with Gasteiger partial charge >= 0.3 is 0 Å². The molecule has 0 spiro atoms. The molecular weight excluding hydrogens is 256 g/mol. The lowest BCUT2D eigenvalue weighted by atomic mass is 10.2. The summed E-state index contributed by atoms with van der Waals surface area (Å²) >= 11 is 0. The number of carbonyl (C=O) groups is 1. The number of primary amides is 1. The monoisotopic (exact) mass is 268 g/mol. The van der Waals surface area contributed by atoms with Crippen LogP contribution in [-0.4, -0.2) is 25.4 Å². The molecule has 1 amide bonds. The minimum absolute atomic E-state index is 0.418. The summed E-state index contributed by atoms with van der Waals surface area (Å²) in [5, 5.41) is 0. The molecule has 7 nitrogen and oxygen atoms in total. The average molecular weight is 268 g/mol. The lowest BCUT2D eigenvalue weighted by Gasteiger charge is -2.08. The van der Waals surface area contributed by atoms with E-state index in [2.05, 4.69) is 15.0 Å². The van der Waals surface area contributed by atoms with E-state index in [0.717, 1.165) is 11.1 Å². The summed E-state index contributed by atoms with van der Waals surface area (Å²) < 4.78 is 1.80. The first-order valence-corrected chi connectivity index (χ1v) is 5.92. The minimum Gasteiger partial charge on any atom is -0.383 e. The molecule has 2 heterocycles. The SMILES string of the molecule is Cc1c(N)ncnc1-n1cnc2cc(C(N)=O)ccc21. The van der Waals surface area contributed by atoms with E-state index in [1.807, 2.05) is 6.92 Å². The second kappa shape index (κ2) is 4.30. The fourth-order valence-corrected chi connectivity index (χ4v) is 2.03. The molecule has 7 heteroatoms. The van der Waals surface area contributed by atoms with E-state index in [1.54, 1.807) is 29.1 Å². The molecule has 0 radical (unpaired) electrons. The van der Waals surface area contributed by atoms with Gasteiger partial charge in [0.15, 0.2) is 0 Å². The van der Waals surface area contributed by atoms with Crippen LogP contribution in [0.15, 0.2) is 30.9 Å². The van der Waals surface area contributed by atoms with Crippen LogP contribution in [0.1, 0.15) is 15.9 Å². The summed E-state index contributed by atoms with van der Waals surface area (Å²) in [6, 6.07) is 5.08. The van der Waals surface area contributed by atoms with Crippen molar-refractivity contribution in [3.63, 3.8) is 0 Å². The zero-order valence-corrected chi connectivity index (χ0v) is 10.7. The van der Waals surface area contributed by atoms with Gasteiger partial charge in [0.25, 0.3) is 0 Å². The van der Waals surface area contributed by atoms with E-state index in [9.17, 15) is 4.79 Å². The Morgan fingerprint density at radius 2 is 2.05 bits per heavy atom. The van der Waals surface area contributed by atoms with E-state index in [1.165, 1.54) is 6.33 Å². The molecule has 0 atom stereocenters. The molecule has 100 valence electrons. The van der Waals surface area contributed by atoms with Gasteiger partial charge in [0.05, 0.1) is 11.0 Å². The molecule has 0 bridgehead atoms. The Morgan fingerprint density at radius 3 is 2.80 bits per heavy atom. The number of carbonyl (C=O) groups excluding carboxylic acids is 1. The molecule has 0 aliphatic carbocycles. The number of fused-ring (bicyclic) bond motifs is 1. The number of nitrogens with zero attached hydrogens (tertiary/aromatic N) is 4. The molecule has 0 saturated heterocycles. The molecule has 0 aliphatic rings. The predicted molar refractivity (Wildman–Crippen MR) is 74.3 cm³/mol. The number of amides is 1. The van der Waals surface area contributed by atoms with Gasteiger partial charge in [0, 0.05) is 11.1 Å². The standard InChI is InChI=1S/C13H12N6O/c1-7-11(14)16-5-17-13(7)19-6-18-9-4-8(12(15)20)2-3-10(9)19/h2-6H,1H3,(H2,15,20)(H2,14,16,17). The molecule has 0 aliphatic heterocycles. The molecule has 3 aromatic rings. The Labute approximate surface area is 114 Å². The lowest BCUT2D eigenvalue weighted by Crippen LogP contribution is -2.10. The van der Waals surface area contributed by atoms with Gasteiger partial charge < -0.3 is 11.5 Å². The molecule has 0 unspecified atom stereocenters. The topological polar surface area (TPSA) is 113 Å². The predicted octanol–water partition coefficient (Wildman–Crippen LogP) is 0.805. The summed E-state index contributed by atoms with van der Waals surface area (Å²) in [5.41, 5.74) is 13.7. The van der Waals surface area contributed by atoms with E-state index in [-0.39, 0.29) is 0 Å². The molecular formula is C13H12N6O. The van der Waals surface area contributed by atoms with Gasteiger partial charge in [0.2, 0.25) is 5.91 Å². The van der Waals surface area contributed by atoms with Gasteiger partial charge in [-0.05, 0) is 25.1 Å². The Kier molecular flexibility index (Phi) is 2.60. The summed E-state index contributed by atoms with van der Waals surface area (Å²) in [7, 11) is 0. The van der Waals surface area contributed by atoms with Crippen LogP contribution >= 0.6 is 0 Å². The van der Waals surface area contributed by atoms with Crippen LogP contribution in [0.5, 0.6) is 0 Å². The number of anilines is 1. The maximum atomic E-state index is 11.2. The van der Waals surface area contributed by atoms with Crippen molar-refractivity contribution in [2.45, 2.75) is 6.92 Å². The van der Waals surface area contributed by atoms with Crippen molar-refractivity contribution < 1.29 is 4.79 Å². The second-order valence-electron chi connectivity index (χ2n) is 4.39. The molecule has 4 N–H and O–H groups in total. The van der Waals surface area contributed by atoms with Gasteiger partial charge in [-0.25, -0.2) is 15.0 Å². The van der Waals surface area contributed by atoms with Crippen molar-refractivity contribution in [2.24, 2.45) is 5.73 Å². The smallest absolute Gasteiger partial charge is 0.248 e. The highest BCUT2D eigenvalue weighted by molar-refractivity contribution is 5.96. The zero-order valence-electron chi connectivity index (χ0n) is 10.7. The van der Waals surface area contributed by atoms with Crippen LogP contribution in [-0.2, 0) is 0 Å². The highest BCUT2D eigenvalue weighted by atomic mass is 16.1. The fourth-order valence-electron chi connectivity index (χ4n) is 2.03. The summed E-state index contributed by atoms with van der Waals surface area (Å²) in [4.78, 5) is 23.6. The third-order valence-electron chi connectivity index (χ3n) is 3.16. The first-order valence-electron chi connectivity index (χ1n) is 5.92. The number of hydrogen-bond acceptors (Lipinski definition) is 5. The van der Waals surface area contributed by atoms with Crippen molar-refractivity contribution in [1.29, 1.82) is 0 Å². The Balaban J connectivity index is 2.23. The normalized spacial score (nSPS) is 10.8. The Morgan fingerprint density at radius 1 is 1.25 bits per heavy atom. The zero-order chi connectivity index (χ0) is 14.3. The molecule has 0 fully saturated rings. The number of benzene rings is 1. The summed E-state index contributed by atoms with van der Waals surface area (Å²) in [6.07, 6.45) is 3.03. The van der Waals surface area contributed by atoms with Crippen LogP contribution in [0.4, 0.5) is 5.82 Å². The van der Waals surface area contributed by atoms with Gasteiger partial charge in [-0.1, -0.05) is 0 Å². The van der Waals surface area contributed by atoms with Crippen molar-refractivity contribution >= 4 is 22.8 Å². The lowest BCUT2D eigenvalue weighted by molar-refractivity contribution is 0.100. The number of rotatable bonds is 2. The van der Waals surface area contributed by atoms with Crippen LogP contribution in [0.2, 0.25) is 0 Å². The van der Waals surface area contributed by atoms with Crippen LogP contribution < -0.4 is 11.5 Å². The molecule has 1 aromatic carbocycles. The van der Waals surface area contributed by atoms with Crippen molar-refractivity contribution in [3.05, 3.63) is 42.0 Å². The highest BCUT2D eigenvalue weighted by Crippen LogP contribution is 2.21. The average Bonchev–Trinajstić information content (AvgIpc) is 2.84. The molecule has 20 heavy (non-hydrogen) atoms. The van der Waals surface area contributed by atoms with Crippen molar-refractivity contribution in [2.75, 3.05) is 5.73 Å². The number of imidazole rings is 1. The molecule has 2 aromatic heterocycles. The van der Waals surface area contributed by atoms with Gasteiger partial charge in [-0.2, -0.15) is 0 Å². The van der Waals surface area contributed by atoms with E-state index in [4.69, 9.17) is 11.5 Å². The largest absolute Gasteiger partial charge is 0.383 e. The molecule has 3 rings (SSSR count). The fraction of sp³-hybridized carbons (Fsp3) is 0.0769. The third kappa shape index (κ3) is 1.76. The Bertz CT molecular complexity index is 823. The first kappa shape index (κ1) is 12.1. The van der Waals surface area contributed by atoms with E-state index in [0.29, 0.717) is 22.7 Å². The quantitative estimate of drug-likeness (QED) is 0.714. The second-order valence-corrected chi connectivity index (χ2v) is 4.39. The van der Waals surface area contributed by atoms with Crippen LogP contribution in [0.3, 0.4) is 0 Å². The van der Waals surface area contributed by atoms with Crippen LogP contribution in [0.25, 0.3) is 16.9 Å². The van der Waals surface area contributed by atoms with Gasteiger partial charge in [-0.15, -0.1) is 0 Å². The first-order chi connectivity index (χ1) is 9.58. The Hall–Kier alpha value is -2.96. The van der Waals surface area contributed by atoms with Gasteiger partial charge in [-0.3, -0.25) is 9.36 Å². The maximum Gasteiger partial charge on any atom is 0.248 e. The van der Waals surface area contributed by atoms with Gasteiger partial charge in [0.1, 0.15) is 24.3 Å². The molecule has 0 saturated carbocycles. The maximum absolute atomic E-state index is 11.2. The summed E-state index contributed by atoms with van der Waals surface area (Å²) in [5.74, 6) is 0.598.